The summed E-state index contributed by atoms with van der Waals surface area (Å²) in [6, 6.07) is 9.53. The van der Waals surface area contributed by atoms with Crippen molar-refractivity contribution in [1.82, 2.24) is 0 Å². The van der Waals surface area contributed by atoms with Crippen LogP contribution in [0.4, 0.5) is 0 Å². The number of carbonyl (C=O) groups excluding carboxylic acids is 2. The Balaban J connectivity index is 1.94. The number of benzene rings is 1. The van der Waals surface area contributed by atoms with Crippen molar-refractivity contribution in [2.24, 2.45) is 0 Å². The van der Waals surface area contributed by atoms with Gasteiger partial charge in [0.05, 0.1) is 12.7 Å². The van der Waals surface area contributed by atoms with Gasteiger partial charge in [0.1, 0.15) is 5.75 Å². The Bertz CT molecular complexity index is 592. The molecule has 0 atom stereocenters. The largest absolute Gasteiger partial charge is 0.508 e. The number of carbonyl (C=O) groups is 2. The normalized spacial score (nSPS) is 10.7. The quantitative estimate of drug-likeness (QED) is 0.507. The average Bonchev–Trinajstić information content (AvgIpc) is 2.92. The summed E-state index contributed by atoms with van der Waals surface area (Å²) in [7, 11) is 0. The van der Waals surface area contributed by atoms with Crippen LogP contribution in [0.25, 0.3) is 6.08 Å². The molecule has 0 aliphatic carbocycles. The summed E-state index contributed by atoms with van der Waals surface area (Å²) in [6.07, 6.45) is 4.11. The Morgan fingerprint density at radius 3 is 2.53 bits per heavy atom. The maximum atomic E-state index is 11.6. The minimum atomic E-state index is -0.342. The Morgan fingerprint density at radius 1 is 1.16 bits per heavy atom. The maximum Gasteiger partial charge on any atom is 0.205 e. The van der Waals surface area contributed by atoms with Crippen LogP contribution < -0.4 is 0 Å². The van der Waals surface area contributed by atoms with Gasteiger partial charge in [-0.15, -0.1) is 0 Å². The summed E-state index contributed by atoms with van der Waals surface area (Å²) in [4.78, 5) is 23.2. The van der Waals surface area contributed by atoms with Gasteiger partial charge in [0.2, 0.25) is 5.78 Å². The van der Waals surface area contributed by atoms with E-state index in [0.29, 0.717) is 0 Å². The highest BCUT2D eigenvalue weighted by molar-refractivity contribution is 6.11. The fraction of sp³-hybridized carbons (Fsp3) is 0.0667. The highest BCUT2D eigenvalue weighted by Gasteiger charge is 2.11. The molecule has 0 saturated heterocycles. The minimum Gasteiger partial charge on any atom is -0.508 e. The lowest BCUT2D eigenvalue weighted by molar-refractivity contribution is -0.113. The lowest BCUT2D eigenvalue weighted by atomic mass is 10.1. The van der Waals surface area contributed by atoms with E-state index in [1.165, 1.54) is 30.5 Å². The van der Waals surface area contributed by atoms with Gasteiger partial charge in [-0.25, -0.2) is 0 Å². The fourth-order valence-corrected chi connectivity index (χ4v) is 1.52. The van der Waals surface area contributed by atoms with Crippen LogP contribution >= 0.6 is 0 Å². The molecule has 0 spiro atoms. The molecule has 2 aromatic rings. The SMILES string of the molecule is O=C(C=Cc1ccc(O)cc1)CC(=O)c1ccco1. The number of phenols is 1. The molecule has 1 N–H and O–H groups in total. The van der Waals surface area contributed by atoms with Gasteiger partial charge in [-0.3, -0.25) is 9.59 Å². The standard InChI is InChI=1S/C15H12O4/c16-12-6-3-11(4-7-12)5-8-13(17)10-14(18)15-2-1-9-19-15/h1-9,16H,10H2. The van der Waals surface area contributed by atoms with E-state index in [1.807, 2.05) is 0 Å². The fourth-order valence-electron chi connectivity index (χ4n) is 1.52. The first-order valence-electron chi connectivity index (χ1n) is 5.72. The van der Waals surface area contributed by atoms with Gasteiger partial charge >= 0.3 is 0 Å². The molecule has 0 amide bonds. The number of hydrogen-bond donors (Lipinski definition) is 1. The van der Waals surface area contributed by atoms with Crippen molar-refractivity contribution < 1.29 is 19.1 Å². The molecule has 1 aromatic heterocycles. The minimum absolute atomic E-state index is 0.163. The van der Waals surface area contributed by atoms with Gasteiger partial charge in [-0.1, -0.05) is 18.2 Å². The zero-order valence-corrected chi connectivity index (χ0v) is 10.1. The number of aromatic hydroxyl groups is 1. The Hall–Kier alpha value is -2.62. The van der Waals surface area contributed by atoms with Crippen molar-refractivity contribution in [2.45, 2.75) is 6.42 Å². The zero-order valence-electron chi connectivity index (χ0n) is 10.1. The Labute approximate surface area is 110 Å². The summed E-state index contributed by atoms with van der Waals surface area (Å²) in [6.45, 7) is 0. The zero-order chi connectivity index (χ0) is 13.7. The molecule has 4 heteroatoms. The van der Waals surface area contributed by atoms with Gasteiger partial charge in [-0.05, 0) is 35.9 Å². The van der Waals surface area contributed by atoms with Crippen molar-refractivity contribution in [3.8, 4) is 5.75 Å². The molecule has 96 valence electrons. The Kier molecular flexibility index (Phi) is 3.93. The first-order chi connectivity index (χ1) is 9.15. The second kappa shape index (κ2) is 5.82. The van der Waals surface area contributed by atoms with E-state index in [9.17, 15) is 9.59 Å². The molecule has 0 fully saturated rings. The van der Waals surface area contributed by atoms with E-state index in [-0.39, 0.29) is 29.5 Å². The smallest absolute Gasteiger partial charge is 0.205 e. The van der Waals surface area contributed by atoms with Crippen LogP contribution in [0.3, 0.4) is 0 Å². The van der Waals surface area contributed by atoms with Gasteiger partial charge in [0.25, 0.3) is 0 Å². The van der Waals surface area contributed by atoms with Crippen LogP contribution in [0.15, 0.2) is 53.2 Å². The van der Waals surface area contributed by atoms with E-state index >= 15 is 0 Å². The predicted molar refractivity (Wildman–Crippen MR) is 69.8 cm³/mol. The lowest BCUT2D eigenvalue weighted by Gasteiger charge is -1.95. The molecule has 1 aromatic carbocycles. The second-order valence-corrected chi connectivity index (χ2v) is 3.97. The molecule has 2 rings (SSSR count). The number of allylic oxidation sites excluding steroid dienone is 1. The van der Waals surface area contributed by atoms with Crippen molar-refractivity contribution in [2.75, 3.05) is 0 Å². The maximum absolute atomic E-state index is 11.6. The molecule has 0 radical (unpaired) electrons. The Morgan fingerprint density at radius 2 is 1.89 bits per heavy atom. The molecule has 0 aliphatic heterocycles. The highest BCUT2D eigenvalue weighted by atomic mass is 16.3. The molecule has 4 nitrogen and oxygen atoms in total. The molecule has 0 unspecified atom stereocenters. The van der Waals surface area contributed by atoms with Crippen molar-refractivity contribution in [3.63, 3.8) is 0 Å². The van der Waals surface area contributed by atoms with Gasteiger partial charge in [0, 0.05) is 0 Å². The number of ketones is 2. The molecule has 1 heterocycles. The number of phenolic OH excluding ortho intramolecular Hbond substituents is 1. The summed E-state index contributed by atoms with van der Waals surface area (Å²) in [5.41, 5.74) is 0.775. The molecule has 0 bridgehead atoms. The monoisotopic (exact) mass is 256 g/mol. The van der Waals surface area contributed by atoms with Crippen LogP contribution in [-0.4, -0.2) is 16.7 Å². The summed E-state index contributed by atoms with van der Waals surface area (Å²) in [5, 5.41) is 9.11. The van der Waals surface area contributed by atoms with E-state index < -0.39 is 0 Å². The van der Waals surface area contributed by atoms with Crippen LogP contribution in [0.2, 0.25) is 0 Å². The topological polar surface area (TPSA) is 67.5 Å². The molecular formula is C15H12O4. The highest BCUT2D eigenvalue weighted by Crippen LogP contribution is 2.11. The molecule has 19 heavy (non-hydrogen) atoms. The molecule has 0 aliphatic rings. The van der Waals surface area contributed by atoms with Gasteiger partial charge in [0.15, 0.2) is 11.5 Å². The van der Waals surface area contributed by atoms with Crippen molar-refractivity contribution in [1.29, 1.82) is 0 Å². The van der Waals surface area contributed by atoms with Crippen LogP contribution in [0, 0.1) is 0 Å². The van der Waals surface area contributed by atoms with E-state index in [1.54, 1.807) is 24.3 Å². The van der Waals surface area contributed by atoms with Crippen LogP contribution in [-0.2, 0) is 4.79 Å². The predicted octanol–water partition coefficient (Wildman–Crippen LogP) is 2.84. The molecule has 0 saturated carbocycles. The third kappa shape index (κ3) is 3.67. The number of hydrogen-bond acceptors (Lipinski definition) is 4. The summed E-state index contributed by atoms with van der Waals surface area (Å²) < 4.78 is 4.92. The van der Waals surface area contributed by atoms with Crippen molar-refractivity contribution in [3.05, 3.63) is 60.1 Å². The number of furan rings is 1. The lowest BCUT2D eigenvalue weighted by Crippen LogP contribution is -2.04. The van der Waals surface area contributed by atoms with Crippen molar-refractivity contribution >= 4 is 17.6 Å². The number of Topliss-reactive ketones (excluding diaryl/α,β-unsaturated/α-hetero) is 1. The second-order valence-electron chi connectivity index (χ2n) is 3.97. The van der Waals surface area contributed by atoms with Crippen LogP contribution in [0.1, 0.15) is 22.5 Å². The van der Waals surface area contributed by atoms with Crippen LogP contribution in [0.5, 0.6) is 5.75 Å². The first-order valence-corrected chi connectivity index (χ1v) is 5.72. The van der Waals surface area contributed by atoms with E-state index in [4.69, 9.17) is 9.52 Å². The summed E-state index contributed by atoms with van der Waals surface area (Å²) in [5.74, 6) is -0.289. The summed E-state index contributed by atoms with van der Waals surface area (Å²) >= 11 is 0. The first kappa shape index (κ1) is 12.8. The van der Waals surface area contributed by atoms with Gasteiger partial charge < -0.3 is 9.52 Å². The number of rotatable bonds is 5. The average molecular weight is 256 g/mol. The van der Waals surface area contributed by atoms with E-state index in [2.05, 4.69) is 0 Å². The van der Waals surface area contributed by atoms with Gasteiger partial charge in [-0.2, -0.15) is 0 Å². The third-order valence-electron chi connectivity index (χ3n) is 2.49. The van der Waals surface area contributed by atoms with E-state index in [0.717, 1.165) is 5.56 Å². The molecular weight excluding hydrogens is 244 g/mol. The third-order valence-corrected chi connectivity index (χ3v) is 2.49.